The Bertz CT molecular complexity index is 517. The number of rotatable bonds is 2. The number of hydrogen-bond donors (Lipinski definition) is 0. The molecule has 0 saturated heterocycles. The van der Waals surface area contributed by atoms with Gasteiger partial charge in [0.15, 0.2) is 0 Å². The van der Waals surface area contributed by atoms with Crippen molar-refractivity contribution in [1.82, 2.24) is 0 Å². The van der Waals surface area contributed by atoms with Crippen LogP contribution < -0.4 is 24.8 Å². The molecule has 1 unspecified atom stereocenters. The first-order valence-electron chi connectivity index (χ1n) is 7.15. The molecule has 0 aromatic rings. The van der Waals surface area contributed by atoms with E-state index in [0.29, 0.717) is 4.22 Å². The SMILES string of the molecule is C#CC(=O)[O][Ti+2][CH]1CCCC2=C1CC1=C2CCCC1.[Cl-].[Cl-]. The van der Waals surface area contributed by atoms with E-state index in [1.165, 1.54) is 51.4 Å². The molecular weight excluding hydrogens is 343 g/mol. The Labute approximate surface area is 148 Å². The molecule has 0 aromatic heterocycles. The molecule has 112 valence electrons. The van der Waals surface area contributed by atoms with Crippen molar-refractivity contribution >= 4 is 5.97 Å². The van der Waals surface area contributed by atoms with Gasteiger partial charge in [-0.25, -0.2) is 0 Å². The molecule has 0 spiro atoms. The van der Waals surface area contributed by atoms with E-state index in [4.69, 9.17) is 9.74 Å². The van der Waals surface area contributed by atoms with Crippen LogP contribution in [0.4, 0.5) is 0 Å². The Balaban J connectivity index is 0.00000110. The van der Waals surface area contributed by atoms with E-state index in [-0.39, 0.29) is 24.8 Å². The molecule has 0 N–H and O–H groups in total. The van der Waals surface area contributed by atoms with E-state index in [1.807, 2.05) is 0 Å². The summed E-state index contributed by atoms with van der Waals surface area (Å²) in [5.41, 5.74) is 6.63. The Kier molecular flexibility index (Phi) is 7.58. The van der Waals surface area contributed by atoms with Gasteiger partial charge in [-0.1, -0.05) is 0 Å². The Hall–Kier alpha value is -0.196. The fourth-order valence-corrected chi connectivity index (χ4v) is 5.28. The van der Waals surface area contributed by atoms with Crippen molar-refractivity contribution in [3.8, 4) is 12.3 Å². The maximum absolute atomic E-state index is 11.1. The van der Waals surface area contributed by atoms with Gasteiger partial charge in [-0.15, -0.1) is 0 Å². The van der Waals surface area contributed by atoms with E-state index in [9.17, 15) is 4.79 Å². The second-order valence-electron chi connectivity index (χ2n) is 5.57. The largest absolute Gasteiger partial charge is 1.00 e. The van der Waals surface area contributed by atoms with Crippen molar-refractivity contribution in [3.63, 3.8) is 0 Å². The van der Waals surface area contributed by atoms with Crippen molar-refractivity contribution in [3.05, 3.63) is 22.3 Å². The third-order valence-electron chi connectivity index (χ3n) is 4.49. The summed E-state index contributed by atoms with van der Waals surface area (Å²) >= 11 is -0.726. The molecule has 0 aromatic carbocycles. The summed E-state index contributed by atoms with van der Waals surface area (Å²) in [5.74, 6) is 1.59. The molecule has 0 amide bonds. The molecule has 21 heavy (non-hydrogen) atoms. The molecule has 0 radical (unpaired) electrons. The van der Waals surface area contributed by atoms with Crippen LogP contribution in [0.15, 0.2) is 22.3 Å². The smallest absolute Gasteiger partial charge is 1.00 e. The normalized spacial score (nSPS) is 22.9. The minimum Gasteiger partial charge on any atom is -1.00 e. The van der Waals surface area contributed by atoms with Crippen molar-refractivity contribution < 1.29 is 52.5 Å². The number of carbonyl (C=O) groups excluding carboxylic acids is 1. The maximum atomic E-state index is 11.1. The molecule has 0 bridgehead atoms. The maximum Gasteiger partial charge on any atom is -1.00 e. The van der Waals surface area contributed by atoms with Crippen LogP contribution in [0.3, 0.4) is 0 Å². The van der Waals surface area contributed by atoms with Gasteiger partial charge in [0.2, 0.25) is 0 Å². The number of carbonyl (C=O) groups is 1. The van der Waals surface area contributed by atoms with Gasteiger partial charge in [0.05, 0.1) is 0 Å². The molecule has 5 heteroatoms. The summed E-state index contributed by atoms with van der Waals surface area (Å²) in [6.07, 6.45) is 15.2. The summed E-state index contributed by atoms with van der Waals surface area (Å²) in [5, 5.41) is 0. The summed E-state index contributed by atoms with van der Waals surface area (Å²) in [4.78, 5) is 11.1. The Morgan fingerprint density at radius 3 is 2.62 bits per heavy atom. The van der Waals surface area contributed by atoms with Crippen LogP contribution in [-0.4, -0.2) is 5.97 Å². The predicted molar refractivity (Wildman–Crippen MR) is 69.7 cm³/mol. The number of terminal acetylenes is 1. The van der Waals surface area contributed by atoms with Gasteiger partial charge in [0, 0.05) is 0 Å². The molecule has 3 aliphatic rings. The molecule has 0 heterocycles. The molecule has 3 rings (SSSR count). The minimum absolute atomic E-state index is 0. The number of fused-ring (bicyclic) bond motifs is 1. The molecule has 3 aliphatic carbocycles. The van der Waals surface area contributed by atoms with E-state index in [2.05, 4.69) is 5.92 Å². The molecule has 0 fully saturated rings. The zero-order valence-electron chi connectivity index (χ0n) is 11.9. The van der Waals surface area contributed by atoms with Gasteiger partial charge in [0.25, 0.3) is 0 Å². The van der Waals surface area contributed by atoms with Gasteiger partial charge in [-0.05, 0) is 0 Å². The third-order valence-corrected chi connectivity index (χ3v) is 6.40. The summed E-state index contributed by atoms with van der Waals surface area (Å²) < 4.78 is 5.82. The number of hydrogen-bond acceptors (Lipinski definition) is 2. The summed E-state index contributed by atoms with van der Waals surface area (Å²) in [6.45, 7) is 0. The standard InChI is InChI=1S/C13H17.C3H2O2.2ClH.Ti/c1-3-7-12-10(5-1)9-11-6-2-4-8-13(11)12;1-2-3(4)5;;;/h5H,1-4,6-9H2;1H,(H,4,5);2*1H;/q;;;;+3/p-3. The Morgan fingerprint density at radius 1 is 1.14 bits per heavy atom. The predicted octanol–water partition coefficient (Wildman–Crippen LogP) is -2.29. The van der Waals surface area contributed by atoms with Crippen LogP contribution in [0.2, 0.25) is 4.22 Å². The summed E-state index contributed by atoms with van der Waals surface area (Å²) in [7, 11) is 0. The fraction of sp³-hybridized carbons (Fsp3) is 0.562. The minimum atomic E-state index is -0.726. The third kappa shape index (κ3) is 3.96. The van der Waals surface area contributed by atoms with Crippen molar-refractivity contribution in [2.24, 2.45) is 0 Å². The first-order valence-corrected chi connectivity index (χ1v) is 8.69. The quantitative estimate of drug-likeness (QED) is 0.409. The molecule has 0 aliphatic heterocycles. The topological polar surface area (TPSA) is 26.3 Å². The second-order valence-corrected chi connectivity index (χ2v) is 7.34. The van der Waals surface area contributed by atoms with Crippen molar-refractivity contribution in [2.45, 2.75) is 55.6 Å². The van der Waals surface area contributed by atoms with Crippen LogP contribution in [0.5, 0.6) is 0 Å². The molecule has 1 atom stereocenters. The van der Waals surface area contributed by atoms with Gasteiger partial charge < -0.3 is 24.8 Å². The van der Waals surface area contributed by atoms with E-state index < -0.39 is 25.5 Å². The molecule has 0 saturated carbocycles. The zero-order valence-corrected chi connectivity index (χ0v) is 15.0. The number of allylic oxidation sites excluding steroid dienone is 4. The van der Waals surface area contributed by atoms with Crippen molar-refractivity contribution in [1.29, 1.82) is 0 Å². The van der Waals surface area contributed by atoms with Crippen LogP contribution in [0, 0.1) is 12.3 Å². The van der Waals surface area contributed by atoms with Crippen molar-refractivity contribution in [2.75, 3.05) is 0 Å². The molecule has 2 nitrogen and oxygen atoms in total. The van der Waals surface area contributed by atoms with Gasteiger partial charge >= 0.3 is 124 Å². The van der Waals surface area contributed by atoms with E-state index in [0.717, 1.165) is 0 Å². The van der Waals surface area contributed by atoms with Gasteiger partial charge in [-0.3, -0.25) is 0 Å². The van der Waals surface area contributed by atoms with Crippen LogP contribution in [-0.2, 0) is 27.7 Å². The van der Waals surface area contributed by atoms with Crippen LogP contribution in [0.25, 0.3) is 0 Å². The average molecular weight is 361 g/mol. The Morgan fingerprint density at radius 2 is 1.86 bits per heavy atom. The monoisotopic (exact) mass is 360 g/mol. The molecular formula is C16H18Cl2O2Ti. The summed E-state index contributed by atoms with van der Waals surface area (Å²) in [6, 6.07) is 0. The zero-order chi connectivity index (χ0) is 13.2. The van der Waals surface area contributed by atoms with Gasteiger partial charge in [0.1, 0.15) is 0 Å². The van der Waals surface area contributed by atoms with E-state index in [1.54, 1.807) is 22.3 Å². The van der Waals surface area contributed by atoms with E-state index >= 15 is 0 Å². The van der Waals surface area contributed by atoms with Crippen LogP contribution >= 0.6 is 0 Å². The van der Waals surface area contributed by atoms with Gasteiger partial charge in [-0.2, -0.15) is 0 Å². The first-order chi connectivity index (χ1) is 9.29. The number of halogens is 2. The first kappa shape index (κ1) is 18.9. The second kappa shape index (κ2) is 8.44. The average Bonchev–Trinajstić information content (AvgIpc) is 2.84. The fourth-order valence-electron chi connectivity index (χ4n) is 3.64. The van der Waals surface area contributed by atoms with Crippen LogP contribution in [0.1, 0.15) is 51.4 Å².